The Kier molecular flexibility index (Phi) is 4.02. The number of benzene rings is 2. The fourth-order valence-electron chi connectivity index (χ4n) is 2.97. The minimum absolute atomic E-state index is 0.0598. The molecule has 1 saturated heterocycles. The van der Waals surface area contributed by atoms with Crippen LogP contribution in [0.1, 0.15) is 12.0 Å². The van der Waals surface area contributed by atoms with Crippen LogP contribution in [-0.2, 0) is 16.0 Å². The summed E-state index contributed by atoms with van der Waals surface area (Å²) in [5.41, 5.74) is 2.19. The smallest absolute Gasteiger partial charge is 0.256 e. The summed E-state index contributed by atoms with van der Waals surface area (Å²) < 4.78 is 5.35. The first-order valence-electron chi connectivity index (χ1n) is 7.24. The van der Waals surface area contributed by atoms with Gasteiger partial charge in [0.25, 0.3) is 5.91 Å². The third kappa shape index (κ3) is 2.83. The van der Waals surface area contributed by atoms with Crippen LogP contribution in [0.4, 0.5) is 5.69 Å². The molecule has 1 aliphatic heterocycles. The first-order chi connectivity index (χ1) is 10.3. The number of ether oxygens (including phenoxy) is 1. The molecular weight excluding hydrogens is 262 g/mol. The zero-order valence-corrected chi connectivity index (χ0v) is 12.1. The number of para-hydroxylation sites is 1. The van der Waals surface area contributed by atoms with Crippen LogP contribution in [0.25, 0.3) is 0 Å². The average Bonchev–Trinajstić information content (AvgIpc) is 2.85. The standard InChI is InChI=1S/C18H19NO2/c1-21-17-13-16(12-14-8-4-2-5-9-14)19(18(17)20)15-10-6-3-7-11-15/h2-11,16-17H,12-13H2,1H3. The lowest BCUT2D eigenvalue weighted by Crippen LogP contribution is -2.36. The molecule has 1 aliphatic rings. The number of carbonyl (C=O) groups is 1. The van der Waals surface area contributed by atoms with Crippen LogP contribution in [0.2, 0.25) is 0 Å². The Morgan fingerprint density at radius 2 is 1.67 bits per heavy atom. The fraction of sp³-hybridized carbons (Fsp3) is 0.278. The second-order valence-electron chi connectivity index (χ2n) is 5.35. The predicted molar refractivity (Wildman–Crippen MR) is 83.3 cm³/mol. The van der Waals surface area contributed by atoms with E-state index in [1.807, 2.05) is 53.4 Å². The van der Waals surface area contributed by atoms with E-state index < -0.39 is 0 Å². The molecule has 0 N–H and O–H groups in total. The highest BCUT2D eigenvalue weighted by Crippen LogP contribution is 2.30. The summed E-state index contributed by atoms with van der Waals surface area (Å²) in [5, 5.41) is 0. The predicted octanol–water partition coefficient (Wildman–Crippen LogP) is 3.05. The average molecular weight is 281 g/mol. The molecule has 1 amide bonds. The zero-order valence-electron chi connectivity index (χ0n) is 12.1. The van der Waals surface area contributed by atoms with Crippen LogP contribution in [0.5, 0.6) is 0 Å². The highest BCUT2D eigenvalue weighted by atomic mass is 16.5. The number of anilines is 1. The molecule has 0 spiro atoms. The van der Waals surface area contributed by atoms with E-state index in [9.17, 15) is 4.79 Å². The Morgan fingerprint density at radius 1 is 1.05 bits per heavy atom. The molecule has 0 bridgehead atoms. The first-order valence-corrected chi connectivity index (χ1v) is 7.24. The van der Waals surface area contributed by atoms with Gasteiger partial charge < -0.3 is 9.64 Å². The van der Waals surface area contributed by atoms with Crippen LogP contribution in [0.15, 0.2) is 60.7 Å². The van der Waals surface area contributed by atoms with E-state index >= 15 is 0 Å². The van der Waals surface area contributed by atoms with Crippen LogP contribution in [0, 0.1) is 0 Å². The summed E-state index contributed by atoms with van der Waals surface area (Å²) in [5.74, 6) is 0.0598. The maximum Gasteiger partial charge on any atom is 0.256 e. The van der Waals surface area contributed by atoms with Gasteiger partial charge in [0.15, 0.2) is 0 Å². The molecule has 108 valence electrons. The maximum absolute atomic E-state index is 12.5. The second-order valence-corrected chi connectivity index (χ2v) is 5.35. The molecule has 0 radical (unpaired) electrons. The highest BCUT2D eigenvalue weighted by molar-refractivity contribution is 5.99. The van der Waals surface area contributed by atoms with Gasteiger partial charge in [-0.3, -0.25) is 4.79 Å². The Bertz CT molecular complexity index is 597. The van der Waals surface area contributed by atoms with Crippen LogP contribution < -0.4 is 4.90 Å². The Morgan fingerprint density at radius 3 is 2.29 bits per heavy atom. The first kappa shape index (κ1) is 13.8. The summed E-state index contributed by atoms with van der Waals surface area (Å²) >= 11 is 0. The van der Waals surface area contributed by atoms with E-state index in [2.05, 4.69) is 12.1 Å². The van der Waals surface area contributed by atoms with Gasteiger partial charge >= 0.3 is 0 Å². The minimum atomic E-state index is -0.334. The normalized spacial score (nSPS) is 21.8. The van der Waals surface area contributed by atoms with E-state index in [0.29, 0.717) is 0 Å². The molecule has 1 heterocycles. The molecular formula is C18H19NO2. The summed E-state index contributed by atoms with van der Waals surface area (Å²) in [7, 11) is 1.61. The fourth-order valence-corrected chi connectivity index (χ4v) is 2.97. The topological polar surface area (TPSA) is 29.5 Å². The molecule has 21 heavy (non-hydrogen) atoms. The van der Waals surface area contributed by atoms with Gasteiger partial charge in [0.1, 0.15) is 6.10 Å². The highest BCUT2D eigenvalue weighted by Gasteiger charge is 2.40. The minimum Gasteiger partial charge on any atom is -0.372 e. The van der Waals surface area contributed by atoms with Gasteiger partial charge in [-0.25, -0.2) is 0 Å². The summed E-state index contributed by atoms with van der Waals surface area (Å²) in [6.07, 6.45) is 1.25. The SMILES string of the molecule is COC1CC(Cc2ccccc2)N(c2ccccc2)C1=O. The van der Waals surface area contributed by atoms with E-state index in [0.717, 1.165) is 18.5 Å². The van der Waals surface area contributed by atoms with E-state index in [1.165, 1.54) is 5.56 Å². The monoisotopic (exact) mass is 281 g/mol. The van der Waals surface area contributed by atoms with Crippen molar-refractivity contribution in [3.63, 3.8) is 0 Å². The quantitative estimate of drug-likeness (QED) is 0.862. The molecule has 2 unspecified atom stereocenters. The Labute approximate surface area is 125 Å². The van der Waals surface area contributed by atoms with Crippen molar-refractivity contribution in [1.29, 1.82) is 0 Å². The second kappa shape index (κ2) is 6.10. The van der Waals surface area contributed by atoms with Crippen molar-refractivity contribution in [1.82, 2.24) is 0 Å². The third-order valence-electron chi connectivity index (χ3n) is 4.00. The van der Waals surface area contributed by atoms with Gasteiger partial charge in [0.05, 0.1) is 0 Å². The zero-order chi connectivity index (χ0) is 14.7. The molecule has 0 aromatic heterocycles. The van der Waals surface area contributed by atoms with Crippen molar-refractivity contribution in [2.75, 3.05) is 12.0 Å². The number of hydrogen-bond acceptors (Lipinski definition) is 2. The lowest BCUT2D eigenvalue weighted by molar-refractivity contribution is -0.125. The Hall–Kier alpha value is -2.13. The largest absolute Gasteiger partial charge is 0.372 e. The van der Waals surface area contributed by atoms with Gasteiger partial charge in [0.2, 0.25) is 0 Å². The summed E-state index contributed by atoms with van der Waals surface area (Å²) in [6.45, 7) is 0. The summed E-state index contributed by atoms with van der Waals surface area (Å²) in [6, 6.07) is 20.3. The van der Waals surface area contributed by atoms with Gasteiger partial charge in [0, 0.05) is 25.3 Å². The van der Waals surface area contributed by atoms with Gasteiger partial charge in [-0.05, 0) is 24.1 Å². The third-order valence-corrected chi connectivity index (χ3v) is 4.00. The molecule has 2 aromatic carbocycles. The number of amides is 1. The van der Waals surface area contributed by atoms with Crippen molar-refractivity contribution in [3.8, 4) is 0 Å². The van der Waals surface area contributed by atoms with Gasteiger partial charge in [-0.2, -0.15) is 0 Å². The van der Waals surface area contributed by atoms with Crippen LogP contribution >= 0.6 is 0 Å². The van der Waals surface area contributed by atoms with Crippen LogP contribution in [0.3, 0.4) is 0 Å². The van der Waals surface area contributed by atoms with Crippen molar-refractivity contribution in [2.24, 2.45) is 0 Å². The van der Waals surface area contributed by atoms with Crippen molar-refractivity contribution in [2.45, 2.75) is 25.0 Å². The van der Waals surface area contributed by atoms with Crippen molar-refractivity contribution >= 4 is 11.6 Å². The number of methoxy groups -OCH3 is 1. The van der Waals surface area contributed by atoms with E-state index in [4.69, 9.17) is 4.74 Å². The number of carbonyl (C=O) groups excluding carboxylic acids is 1. The number of rotatable bonds is 4. The van der Waals surface area contributed by atoms with Crippen molar-refractivity contribution < 1.29 is 9.53 Å². The molecule has 1 fully saturated rings. The van der Waals surface area contributed by atoms with Crippen molar-refractivity contribution in [3.05, 3.63) is 66.2 Å². The molecule has 2 atom stereocenters. The van der Waals surface area contributed by atoms with Crippen LogP contribution in [-0.4, -0.2) is 25.2 Å². The molecule has 3 nitrogen and oxygen atoms in total. The number of hydrogen-bond donors (Lipinski definition) is 0. The van der Waals surface area contributed by atoms with E-state index in [1.54, 1.807) is 7.11 Å². The Balaban J connectivity index is 1.88. The lowest BCUT2D eigenvalue weighted by atomic mass is 10.0. The van der Waals surface area contributed by atoms with Gasteiger partial charge in [-0.1, -0.05) is 48.5 Å². The molecule has 2 aromatic rings. The molecule has 3 rings (SSSR count). The van der Waals surface area contributed by atoms with Gasteiger partial charge in [-0.15, -0.1) is 0 Å². The number of nitrogens with zero attached hydrogens (tertiary/aromatic N) is 1. The molecule has 3 heteroatoms. The van der Waals surface area contributed by atoms with E-state index in [-0.39, 0.29) is 18.1 Å². The molecule has 0 aliphatic carbocycles. The lowest BCUT2D eigenvalue weighted by Gasteiger charge is -2.24. The summed E-state index contributed by atoms with van der Waals surface area (Å²) in [4.78, 5) is 14.4. The maximum atomic E-state index is 12.5. The molecule has 0 saturated carbocycles.